The Morgan fingerprint density at radius 2 is 2.12 bits per heavy atom. The van der Waals surface area contributed by atoms with Crippen LogP contribution in [-0.2, 0) is 0 Å². The first-order valence-corrected chi connectivity index (χ1v) is 8.59. The summed E-state index contributed by atoms with van der Waals surface area (Å²) in [5, 5.41) is 13.7. The summed E-state index contributed by atoms with van der Waals surface area (Å²) in [4.78, 5) is 0. The number of ether oxygens (including phenoxy) is 1. The summed E-state index contributed by atoms with van der Waals surface area (Å²) >= 11 is 5.30. The highest BCUT2D eigenvalue weighted by molar-refractivity contribution is 7.71. The van der Waals surface area contributed by atoms with E-state index < -0.39 is 0 Å². The minimum atomic E-state index is 0.380. The van der Waals surface area contributed by atoms with E-state index in [-0.39, 0.29) is 0 Å². The molecule has 0 aliphatic rings. The summed E-state index contributed by atoms with van der Waals surface area (Å²) in [5.41, 5.74) is 0.887. The van der Waals surface area contributed by atoms with Crippen molar-refractivity contribution in [3.8, 4) is 17.3 Å². The minimum Gasteiger partial charge on any atom is -0.493 e. The van der Waals surface area contributed by atoms with Crippen molar-refractivity contribution < 1.29 is 9.15 Å². The van der Waals surface area contributed by atoms with Crippen molar-refractivity contribution in [2.24, 2.45) is 5.10 Å². The van der Waals surface area contributed by atoms with E-state index in [4.69, 9.17) is 21.4 Å². The van der Waals surface area contributed by atoms with Crippen molar-refractivity contribution in [3.05, 3.63) is 65.1 Å². The fraction of sp³-hybridized carbons (Fsp3) is 0.105. The molecule has 6 nitrogen and oxygen atoms in total. The second-order valence-electron chi connectivity index (χ2n) is 5.52. The van der Waals surface area contributed by atoms with Crippen LogP contribution in [0.3, 0.4) is 0 Å². The average Bonchev–Trinajstić information content (AvgIpc) is 3.31. The van der Waals surface area contributed by atoms with Crippen molar-refractivity contribution in [1.29, 1.82) is 0 Å². The fourth-order valence-corrected chi connectivity index (χ4v) is 2.95. The molecule has 4 aromatic rings. The molecule has 2 heterocycles. The maximum absolute atomic E-state index is 5.78. The summed E-state index contributed by atoms with van der Waals surface area (Å²) in [6, 6.07) is 15.7. The van der Waals surface area contributed by atoms with Gasteiger partial charge in [-0.05, 0) is 48.1 Å². The van der Waals surface area contributed by atoms with Crippen LogP contribution in [0, 0.1) is 4.77 Å². The normalized spacial score (nSPS) is 11.4. The number of hydrogen-bond donors (Lipinski definition) is 1. The number of rotatable bonds is 5. The Balaban J connectivity index is 1.84. The van der Waals surface area contributed by atoms with E-state index in [1.165, 1.54) is 4.68 Å². The molecule has 0 bridgehead atoms. The van der Waals surface area contributed by atoms with Crippen molar-refractivity contribution in [3.63, 3.8) is 0 Å². The van der Waals surface area contributed by atoms with Gasteiger partial charge < -0.3 is 9.15 Å². The lowest BCUT2D eigenvalue weighted by atomic mass is 10.0. The Kier molecular flexibility index (Phi) is 4.37. The van der Waals surface area contributed by atoms with Gasteiger partial charge in [0, 0.05) is 5.56 Å². The van der Waals surface area contributed by atoms with E-state index in [9.17, 15) is 0 Å². The zero-order chi connectivity index (χ0) is 17.9. The number of H-pyrrole nitrogens is 1. The molecule has 0 amide bonds. The lowest BCUT2D eigenvalue weighted by Gasteiger charge is -2.10. The van der Waals surface area contributed by atoms with Crippen molar-refractivity contribution in [1.82, 2.24) is 14.9 Å². The number of hydrogen-bond acceptors (Lipinski definition) is 5. The molecule has 0 aliphatic carbocycles. The van der Waals surface area contributed by atoms with Gasteiger partial charge in [0.1, 0.15) is 5.75 Å². The summed E-state index contributed by atoms with van der Waals surface area (Å²) in [7, 11) is 0. The van der Waals surface area contributed by atoms with Crippen molar-refractivity contribution in [2.45, 2.75) is 6.92 Å². The highest BCUT2D eigenvalue weighted by Gasteiger charge is 2.11. The van der Waals surface area contributed by atoms with Gasteiger partial charge in [-0.3, -0.25) is 0 Å². The number of nitrogens with zero attached hydrogens (tertiary/aromatic N) is 3. The summed E-state index contributed by atoms with van der Waals surface area (Å²) in [5.74, 6) is 1.86. The van der Waals surface area contributed by atoms with Gasteiger partial charge in [-0.2, -0.15) is 9.78 Å². The van der Waals surface area contributed by atoms with Gasteiger partial charge in [0.15, 0.2) is 5.76 Å². The molecule has 0 unspecified atom stereocenters. The Morgan fingerprint density at radius 1 is 1.23 bits per heavy atom. The molecule has 0 atom stereocenters. The smallest absolute Gasteiger partial charge is 0.219 e. The van der Waals surface area contributed by atoms with Gasteiger partial charge in [-0.15, -0.1) is 5.10 Å². The monoisotopic (exact) mass is 364 g/mol. The van der Waals surface area contributed by atoms with E-state index in [1.807, 2.05) is 37.3 Å². The summed E-state index contributed by atoms with van der Waals surface area (Å²) < 4.78 is 13.1. The predicted octanol–water partition coefficient (Wildman–Crippen LogP) is 4.63. The minimum absolute atomic E-state index is 0.380. The second-order valence-corrected chi connectivity index (χ2v) is 5.90. The van der Waals surface area contributed by atoms with Gasteiger partial charge >= 0.3 is 0 Å². The summed E-state index contributed by atoms with van der Waals surface area (Å²) in [6.45, 7) is 2.53. The number of benzene rings is 2. The molecule has 0 aliphatic heterocycles. The van der Waals surface area contributed by atoms with Crippen LogP contribution in [0.2, 0.25) is 0 Å². The molecule has 4 rings (SSSR count). The molecule has 1 N–H and O–H groups in total. The van der Waals surface area contributed by atoms with E-state index in [0.29, 0.717) is 23.0 Å². The standard InChI is InChI=1S/C19H16N4O2S/c1-2-24-16-10-9-13-6-3-4-7-14(13)15(16)12-20-23-18(21-22-19(23)26)17-8-5-11-25-17/h3-12H,2H2,1H3,(H,22,26)/b20-12-. The first-order chi connectivity index (χ1) is 12.8. The van der Waals surface area contributed by atoms with E-state index >= 15 is 0 Å². The zero-order valence-electron chi connectivity index (χ0n) is 14.0. The topological polar surface area (TPSA) is 68.3 Å². The molecule has 2 aromatic heterocycles. The summed E-state index contributed by atoms with van der Waals surface area (Å²) in [6.07, 6.45) is 3.32. The molecule has 0 radical (unpaired) electrons. The molecule has 0 spiro atoms. The Hall–Kier alpha value is -3.19. The van der Waals surface area contributed by atoms with E-state index in [1.54, 1.807) is 24.6 Å². The maximum Gasteiger partial charge on any atom is 0.219 e. The molecular weight excluding hydrogens is 348 g/mol. The van der Waals surface area contributed by atoms with Crippen LogP contribution >= 0.6 is 12.2 Å². The predicted molar refractivity (Wildman–Crippen MR) is 103 cm³/mol. The highest BCUT2D eigenvalue weighted by atomic mass is 32.1. The number of fused-ring (bicyclic) bond motifs is 1. The van der Waals surface area contributed by atoms with Crippen molar-refractivity contribution in [2.75, 3.05) is 6.61 Å². The molecule has 7 heteroatoms. The first-order valence-electron chi connectivity index (χ1n) is 8.18. The Labute approximate surface area is 154 Å². The number of aromatic amines is 1. The fourth-order valence-electron chi connectivity index (χ4n) is 2.77. The average molecular weight is 364 g/mol. The van der Waals surface area contributed by atoms with Crippen LogP contribution in [0.15, 0.2) is 64.3 Å². The third-order valence-corrected chi connectivity index (χ3v) is 4.19. The highest BCUT2D eigenvalue weighted by Crippen LogP contribution is 2.27. The van der Waals surface area contributed by atoms with Gasteiger partial charge in [-0.1, -0.05) is 30.3 Å². The van der Waals surface area contributed by atoms with Crippen molar-refractivity contribution >= 4 is 29.2 Å². The van der Waals surface area contributed by atoms with Gasteiger partial charge in [-0.25, -0.2) is 5.10 Å². The van der Waals surface area contributed by atoms with Crippen LogP contribution in [0.5, 0.6) is 5.75 Å². The van der Waals surface area contributed by atoms with Crippen LogP contribution in [0.4, 0.5) is 0 Å². The van der Waals surface area contributed by atoms with Crippen LogP contribution in [-0.4, -0.2) is 27.7 Å². The number of aromatic nitrogens is 3. The van der Waals surface area contributed by atoms with E-state index in [0.717, 1.165) is 22.1 Å². The maximum atomic E-state index is 5.78. The molecular formula is C19H16N4O2S. The molecule has 0 saturated carbocycles. The Morgan fingerprint density at radius 3 is 2.92 bits per heavy atom. The molecule has 130 valence electrons. The van der Waals surface area contributed by atoms with E-state index in [2.05, 4.69) is 21.4 Å². The quantitative estimate of drug-likeness (QED) is 0.414. The second kappa shape index (κ2) is 6.97. The molecule has 0 fully saturated rings. The molecule has 0 saturated heterocycles. The number of furan rings is 1. The Bertz CT molecular complexity index is 1130. The number of nitrogens with one attached hydrogen (secondary N) is 1. The van der Waals surface area contributed by atoms with Gasteiger partial charge in [0.2, 0.25) is 10.6 Å². The third kappa shape index (κ3) is 2.93. The third-order valence-electron chi connectivity index (χ3n) is 3.92. The van der Waals surface area contributed by atoms with Crippen LogP contribution in [0.1, 0.15) is 12.5 Å². The van der Waals surface area contributed by atoms with Gasteiger partial charge in [0.25, 0.3) is 0 Å². The molecule has 2 aromatic carbocycles. The SMILES string of the molecule is CCOc1ccc2ccccc2c1/C=N\n1c(-c2ccco2)n[nH]c1=S. The first kappa shape index (κ1) is 16.3. The lowest BCUT2D eigenvalue weighted by Crippen LogP contribution is -1.99. The van der Waals surface area contributed by atoms with Crippen LogP contribution < -0.4 is 4.74 Å². The molecule has 26 heavy (non-hydrogen) atoms. The van der Waals surface area contributed by atoms with Gasteiger partial charge in [0.05, 0.1) is 19.1 Å². The largest absolute Gasteiger partial charge is 0.493 e. The lowest BCUT2D eigenvalue weighted by molar-refractivity contribution is 0.340. The van der Waals surface area contributed by atoms with Crippen LogP contribution in [0.25, 0.3) is 22.4 Å². The zero-order valence-corrected chi connectivity index (χ0v) is 14.9.